The van der Waals surface area contributed by atoms with E-state index in [9.17, 15) is 0 Å². The fourth-order valence-corrected chi connectivity index (χ4v) is 3.83. The van der Waals surface area contributed by atoms with E-state index < -0.39 is 0 Å². The van der Waals surface area contributed by atoms with Crippen molar-refractivity contribution in [3.8, 4) is 0 Å². The van der Waals surface area contributed by atoms with Crippen LogP contribution in [0.3, 0.4) is 0 Å². The number of hydrogen-bond acceptors (Lipinski definition) is 3. The highest BCUT2D eigenvalue weighted by Crippen LogP contribution is 2.29. The number of nitrogens with zero attached hydrogens (tertiary/aromatic N) is 3. The third-order valence-corrected chi connectivity index (χ3v) is 4.99. The van der Waals surface area contributed by atoms with Crippen molar-refractivity contribution >= 4 is 40.3 Å². The van der Waals surface area contributed by atoms with Crippen molar-refractivity contribution in [3.63, 3.8) is 0 Å². The van der Waals surface area contributed by atoms with E-state index in [1.54, 1.807) is 6.07 Å². The number of hydrazone groups is 1. The van der Waals surface area contributed by atoms with Gasteiger partial charge in [-0.15, -0.1) is 0 Å². The van der Waals surface area contributed by atoms with Crippen LogP contribution in [-0.4, -0.2) is 40.8 Å². The number of rotatable bonds is 2. The van der Waals surface area contributed by atoms with Gasteiger partial charge in [0.2, 0.25) is 5.71 Å². The summed E-state index contributed by atoms with van der Waals surface area (Å²) < 4.78 is 0. The molecule has 1 aromatic carbocycles. The maximum absolute atomic E-state index is 6.40. The van der Waals surface area contributed by atoms with Crippen LogP contribution in [0, 0.1) is 0 Å². The molecule has 3 heterocycles. The molecule has 6 heteroatoms. The monoisotopic (exact) mass is 347 g/mol. The Kier molecular flexibility index (Phi) is 3.54. The first kappa shape index (κ1) is 14.9. The molecular formula is C17H17Cl2N4+. The summed E-state index contributed by atoms with van der Waals surface area (Å²) in [5.41, 5.74) is 4.85. The Morgan fingerprint density at radius 3 is 2.91 bits per heavy atom. The highest BCUT2D eigenvalue weighted by atomic mass is 35.5. The molecule has 1 N–H and O–H groups in total. The molecule has 4 nitrogen and oxygen atoms in total. The second-order valence-corrected chi connectivity index (χ2v) is 6.93. The van der Waals surface area contributed by atoms with Crippen LogP contribution in [0.5, 0.6) is 0 Å². The van der Waals surface area contributed by atoms with Gasteiger partial charge in [-0.3, -0.25) is 10.0 Å². The zero-order valence-corrected chi connectivity index (χ0v) is 14.5. The van der Waals surface area contributed by atoms with Gasteiger partial charge < -0.3 is 0 Å². The van der Waals surface area contributed by atoms with Crippen molar-refractivity contribution in [1.82, 2.24) is 5.01 Å². The van der Waals surface area contributed by atoms with Crippen molar-refractivity contribution in [2.24, 2.45) is 10.1 Å². The predicted molar refractivity (Wildman–Crippen MR) is 94.7 cm³/mol. The van der Waals surface area contributed by atoms with Crippen LogP contribution in [0.2, 0.25) is 10.0 Å². The summed E-state index contributed by atoms with van der Waals surface area (Å²) in [7, 11) is 0. The minimum Gasteiger partial charge on any atom is -0.270 e. The summed E-state index contributed by atoms with van der Waals surface area (Å²) in [6, 6.07) is 5.98. The largest absolute Gasteiger partial charge is 0.270 e. The van der Waals surface area contributed by atoms with Crippen molar-refractivity contribution in [3.05, 3.63) is 45.6 Å². The summed E-state index contributed by atoms with van der Waals surface area (Å²) in [4.78, 5) is 8.37. The van der Waals surface area contributed by atoms with Crippen molar-refractivity contribution in [2.45, 2.75) is 32.4 Å². The topological polar surface area (TPSA) is 41.9 Å². The Bertz CT molecular complexity index is 807. The second kappa shape index (κ2) is 5.46. The first-order chi connectivity index (χ1) is 11.1. The SMILES string of the molecule is CC[C@H]1CN2N=C(c3ccc(Cl)cc3Cl)C3=NC(C)=CC(=[NH+]1)C32. The lowest BCUT2D eigenvalue weighted by molar-refractivity contribution is -0.512. The Balaban J connectivity index is 1.85. The molecule has 0 saturated carbocycles. The minimum atomic E-state index is 0.0724. The number of hydrogen-bond donors (Lipinski definition) is 1. The lowest BCUT2D eigenvalue weighted by Crippen LogP contribution is -2.87. The van der Waals surface area contributed by atoms with Gasteiger partial charge in [0, 0.05) is 28.8 Å². The normalized spacial score (nSPS) is 25.5. The van der Waals surface area contributed by atoms with E-state index in [0.717, 1.165) is 35.6 Å². The third-order valence-electron chi connectivity index (χ3n) is 4.44. The molecule has 0 bridgehead atoms. The molecule has 1 aromatic rings. The van der Waals surface area contributed by atoms with Gasteiger partial charge in [0.15, 0.2) is 12.1 Å². The Labute approximate surface area is 145 Å². The predicted octanol–water partition coefficient (Wildman–Crippen LogP) is 2.05. The molecule has 1 unspecified atom stereocenters. The number of halogens is 2. The summed E-state index contributed by atoms with van der Waals surface area (Å²) in [6.45, 7) is 5.06. The van der Waals surface area contributed by atoms with Crippen LogP contribution in [0.1, 0.15) is 25.8 Å². The molecule has 0 saturated heterocycles. The van der Waals surface area contributed by atoms with E-state index in [1.807, 2.05) is 19.1 Å². The van der Waals surface area contributed by atoms with Gasteiger partial charge >= 0.3 is 0 Å². The molecule has 0 radical (unpaired) electrons. The number of benzene rings is 1. The first-order valence-electron chi connectivity index (χ1n) is 7.78. The number of allylic oxidation sites excluding steroid dienone is 1. The quantitative estimate of drug-likeness (QED) is 0.873. The Morgan fingerprint density at radius 2 is 2.17 bits per heavy atom. The smallest absolute Gasteiger partial charge is 0.207 e. The van der Waals surface area contributed by atoms with Crippen molar-refractivity contribution < 1.29 is 4.99 Å². The molecular weight excluding hydrogens is 331 g/mol. The van der Waals surface area contributed by atoms with E-state index in [4.69, 9.17) is 33.3 Å². The molecule has 118 valence electrons. The first-order valence-corrected chi connectivity index (χ1v) is 8.53. The summed E-state index contributed by atoms with van der Waals surface area (Å²) in [6.07, 6.45) is 3.17. The van der Waals surface area contributed by atoms with E-state index in [1.165, 1.54) is 5.71 Å². The van der Waals surface area contributed by atoms with Gasteiger partial charge in [-0.2, -0.15) is 5.10 Å². The second-order valence-electron chi connectivity index (χ2n) is 6.08. The van der Waals surface area contributed by atoms with Crippen LogP contribution < -0.4 is 4.99 Å². The third kappa shape index (κ3) is 2.41. The summed E-state index contributed by atoms with van der Waals surface area (Å²) >= 11 is 12.4. The van der Waals surface area contributed by atoms with Crippen LogP contribution in [0.25, 0.3) is 0 Å². The number of nitrogens with one attached hydrogen (secondary N) is 1. The fourth-order valence-electron chi connectivity index (χ4n) is 3.33. The lowest BCUT2D eigenvalue weighted by Gasteiger charge is -2.28. The van der Waals surface area contributed by atoms with Crippen LogP contribution in [0.4, 0.5) is 0 Å². The molecule has 0 aromatic heterocycles. The lowest BCUT2D eigenvalue weighted by atomic mass is 9.93. The molecule has 3 aliphatic heterocycles. The van der Waals surface area contributed by atoms with E-state index in [0.29, 0.717) is 16.1 Å². The van der Waals surface area contributed by atoms with Gasteiger partial charge in [-0.25, -0.2) is 4.99 Å². The average Bonchev–Trinajstić information content (AvgIpc) is 2.86. The maximum atomic E-state index is 6.40. The average molecular weight is 348 g/mol. The molecule has 0 fully saturated rings. The van der Waals surface area contributed by atoms with Gasteiger partial charge in [-0.1, -0.05) is 30.1 Å². The van der Waals surface area contributed by atoms with Gasteiger partial charge in [-0.05, 0) is 25.1 Å². The zero-order chi connectivity index (χ0) is 16.1. The Hall–Kier alpha value is -1.65. The van der Waals surface area contributed by atoms with Gasteiger partial charge in [0.05, 0.1) is 11.6 Å². The van der Waals surface area contributed by atoms with Gasteiger partial charge in [0.25, 0.3) is 0 Å². The van der Waals surface area contributed by atoms with E-state index in [-0.39, 0.29) is 6.04 Å². The Morgan fingerprint density at radius 1 is 1.35 bits per heavy atom. The molecule has 4 rings (SSSR count). The van der Waals surface area contributed by atoms with Gasteiger partial charge in [0.1, 0.15) is 11.4 Å². The maximum Gasteiger partial charge on any atom is 0.207 e. The van der Waals surface area contributed by atoms with E-state index >= 15 is 0 Å². The number of aliphatic imine (C=N–C) groups is 1. The molecule has 0 spiro atoms. The molecule has 0 amide bonds. The van der Waals surface area contributed by atoms with Crippen LogP contribution in [-0.2, 0) is 0 Å². The highest BCUT2D eigenvalue weighted by molar-refractivity contribution is 6.57. The van der Waals surface area contributed by atoms with Crippen molar-refractivity contribution in [1.29, 1.82) is 0 Å². The van der Waals surface area contributed by atoms with Crippen LogP contribution in [0.15, 0.2) is 40.1 Å². The molecule has 0 aliphatic carbocycles. The standard InChI is InChI=1S/C17H16Cl2N4/c1-3-11-8-23-17-14(21-11)6-9(2)20-16(17)15(22-23)12-5-4-10(18)7-13(12)19/h4-7,11,17H,3,8H2,1-2H3/p+1/t11-,17?/m0/s1. The molecule has 2 atom stereocenters. The molecule has 3 aliphatic rings. The van der Waals surface area contributed by atoms with Crippen molar-refractivity contribution in [2.75, 3.05) is 6.54 Å². The fraction of sp³-hybridized carbons (Fsp3) is 0.353. The summed E-state index contributed by atoms with van der Waals surface area (Å²) in [5.74, 6) is 0. The zero-order valence-electron chi connectivity index (χ0n) is 13.0. The minimum absolute atomic E-state index is 0.0724. The molecule has 23 heavy (non-hydrogen) atoms. The van der Waals surface area contributed by atoms with E-state index in [2.05, 4.69) is 23.0 Å². The highest BCUT2D eigenvalue weighted by Gasteiger charge is 2.46. The van der Waals surface area contributed by atoms with Crippen LogP contribution >= 0.6 is 23.2 Å². The summed E-state index contributed by atoms with van der Waals surface area (Å²) in [5, 5.41) is 8.20.